The second-order valence-corrected chi connectivity index (χ2v) is 5.24. The van der Waals surface area contributed by atoms with Gasteiger partial charge in [-0.25, -0.2) is 0 Å². The average molecular weight is 298 g/mol. The Bertz CT molecular complexity index is 476. The molecule has 1 saturated heterocycles. The Hall–Kier alpha value is -1.69. The molecule has 2 unspecified atom stereocenters. The van der Waals surface area contributed by atoms with E-state index in [2.05, 4.69) is 15.4 Å². The van der Waals surface area contributed by atoms with Crippen molar-refractivity contribution in [3.8, 4) is 5.75 Å². The van der Waals surface area contributed by atoms with Crippen LogP contribution in [0.25, 0.3) is 0 Å². The van der Waals surface area contributed by atoms with E-state index in [0.29, 0.717) is 5.92 Å². The van der Waals surface area contributed by atoms with Crippen molar-refractivity contribution in [1.29, 1.82) is 0 Å². The summed E-state index contributed by atoms with van der Waals surface area (Å²) >= 11 is 0. The van der Waals surface area contributed by atoms with E-state index in [0.717, 1.165) is 25.9 Å². The highest BCUT2D eigenvalue weighted by atomic mass is 19.3. The highest BCUT2D eigenvalue weighted by Gasteiger charge is 2.23. The molecule has 2 N–H and O–H groups in total. The molecule has 0 bridgehead atoms. The number of nitrogens with one attached hydrogen (secondary N) is 2. The summed E-state index contributed by atoms with van der Waals surface area (Å²) in [6, 6.07) is 6.01. The fourth-order valence-corrected chi connectivity index (χ4v) is 2.56. The molecule has 1 aliphatic rings. The number of halogens is 2. The van der Waals surface area contributed by atoms with Gasteiger partial charge in [0.15, 0.2) is 0 Å². The third-order valence-corrected chi connectivity index (χ3v) is 3.75. The number of carbonyl (C=O) groups is 1. The molecule has 21 heavy (non-hydrogen) atoms. The number of piperidine rings is 1. The van der Waals surface area contributed by atoms with Crippen LogP contribution in [0, 0.1) is 5.92 Å². The zero-order valence-electron chi connectivity index (χ0n) is 11.9. The number of amides is 1. The minimum Gasteiger partial charge on any atom is -0.434 e. The first-order chi connectivity index (χ1) is 10.1. The topological polar surface area (TPSA) is 50.4 Å². The van der Waals surface area contributed by atoms with Gasteiger partial charge in [-0.1, -0.05) is 12.1 Å². The van der Waals surface area contributed by atoms with Gasteiger partial charge >= 0.3 is 6.61 Å². The molecule has 116 valence electrons. The molecule has 1 fully saturated rings. The van der Waals surface area contributed by atoms with Gasteiger partial charge in [-0.3, -0.25) is 4.79 Å². The van der Waals surface area contributed by atoms with Crippen molar-refractivity contribution in [3.63, 3.8) is 0 Å². The van der Waals surface area contributed by atoms with Crippen LogP contribution in [0.1, 0.15) is 30.1 Å². The largest absolute Gasteiger partial charge is 0.434 e. The van der Waals surface area contributed by atoms with Crippen molar-refractivity contribution in [2.75, 3.05) is 13.1 Å². The molecule has 0 aromatic heterocycles. The van der Waals surface area contributed by atoms with Gasteiger partial charge in [0.05, 0.1) is 5.56 Å². The zero-order chi connectivity index (χ0) is 15.2. The molecule has 1 heterocycles. The van der Waals surface area contributed by atoms with Crippen LogP contribution in [-0.4, -0.2) is 31.7 Å². The van der Waals surface area contributed by atoms with Crippen molar-refractivity contribution in [3.05, 3.63) is 29.8 Å². The van der Waals surface area contributed by atoms with Crippen LogP contribution >= 0.6 is 0 Å². The van der Waals surface area contributed by atoms with E-state index in [9.17, 15) is 13.6 Å². The van der Waals surface area contributed by atoms with Gasteiger partial charge in [-0.15, -0.1) is 0 Å². The molecule has 1 aliphatic heterocycles. The van der Waals surface area contributed by atoms with Gasteiger partial charge in [0.2, 0.25) is 0 Å². The second-order valence-electron chi connectivity index (χ2n) is 5.24. The van der Waals surface area contributed by atoms with Gasteiger partial charge in [0, 0.05) is 6.04 Å². The summed E-state index contributed by atoms with van der Waals surface area (Å²) < 4.78 is 29.1. The summed E-state index contributed by atoms with van der Waals surface area (Å²) in [6.07, 6.45) is 2.12. The summed E-state index contributed by atoms with van der Waals surface area (Å²) in [4.78, 5) is 12.2. The molecular weight excluding hydrogens is 278 g/mol. The maximum Gasteiger partial charge on any atom is 0.387 e. The van der Waals surface area contributed by atoms with E-state index in [-0.39, 0.29) is 23.3 Å². The molecule has 6 heteroatoms. The SMILES string of the molecule is CC(NC(=O)c1ccccc1OC(F)F)C1CCCNC1. The van der Waals surface area contributed by atoms with Gasteiger partial charge < -0.3 is 15.4 Å². The van der Waals surface area contributed by atoms with E-state index in [1.807, 2.05) is 6.92 Å². The molecule has 1 aromatic rings. The van der Waals surface area contributed by atoms with Crippen molar-refractivity contribution in [2.24, 2.45) is 5.92 Å². The number of ether oxygens (including phenoxy) is 1. The molecule has 1 aromatic carbocycles. The van der Waals surface area contributed by atoms with Gasteiger partial charge in [-0.2, -0.15) is 8.78 Å². The quantitative estimate of drug-likeness (QED) is 0.877. The molecule has 2 atom stereocenters. The lowest BCUT2D eigenvalue weighted by Crippen LogP contribution is -2.44. The third-order valence-electron chi connectivity index (χ3n) is 3.75. The lowest BCUT2D eigenvalue weighted by atomic mass is 9.92. The number of alkyl halides is 2. The molecule has 2 rings (SSSR count). The number of benzene rings is 1. The van der Waals surface area contributed by atoms with Gasteiger partial charge in [0.25, 0.3) is 5.91 Å². The summed E-state index contributed by atoms with van der Waals surface area (Å²) in [5.74, 6) is -0.130. The van der Waals surface area contributed by atoms with Gasteiger partial charge in [-0.05, 0) is 50.9 Å². The average Bonchev–Trinajstić information content (AvgIpc) is 2.48. The van der Waals surface area contributed by atoms with Crippen LogP contribution in [0.4, 0.5) is 8.78 Å². The van der Waals surface area contributed by atoms with Crippen molar-refractivity contribution >= 4 is 5.91 Å². The fourth-order valence-electron chi connectivity index (χ4n) is 2.56. The molecule has 0 aliphatic carbocycles. The van der Waals surface area contributed by atoms with E-state index >= 15 is 0 Å². The Balaban J connectivity index is 2.02. The maximum atomic E-state index is 12.4. The Labute approximate surface area is 122 Å². The van der Waals surface area contributed by atoms with Crippen molar-refractivity contribution < 1.29 is 18.3 Å². The number of hydrogen-bond donors (Lipinski definition) is 2. The molecule has 0 saturated carbocycles. The zero-order valence-corrected chi connectivity index (χ0v) is 11.9. The number of carbonyl (C=O) groups excluding carboxylic acids is 1. The first-order valence-electron chi connectivity index (χ1n) is 7.13. The highest BCUT2D eigenvalue weighted by Crippen LogP contribution is 2.21. The standard InChI is InChI=1S/C15H20F2N2O2/c1-10(11-5-4-8-18-9-11)19-14(20)12-6-2-3-7-13(12)21-15(16)17/h2-3,6-7,10-11,15,18H,4-5,8-9H2,1H3,(H,19,20). The predicted octanol–water partition coefficient (Wildman–Crippen LogP) is 2.41. The summed E-state index contributed by atoms with van der Waals surface area (Å²) in [7, 11) is 0. The Morgan fingerprint density at radius 3 is 2.86 bits per heavy atom. The van der Waals surface area contributed by atoms with Crippen molar-refractivity contribution in [1.82, 2.24) is 10.6 Å². The lowest BCUT2D eigenvalue weighted by Gasteiger charge is -2.29. The van der Waals surface area contributed by atoms with Crippen LogP contribution in [0.5, 0.6) is 5.75 Å². The molecule has 0 spiro atoms. The minimum absolute atomic E-state index is 0.0232. The molecule has 1 amide bonds. The lowest BCUT2D eigenvalue weighted by molar-refractivity contribution is -0.0501. The summed E-state index contributed by atoms with van der Waals surface area (Å²) in [5.41, 5.74) is 0.133. The van der Waals surface area contributed by atoms with Gasteiger partial charge in [0.1, 0.15) is 5.75 Å². The number of para-hydroxylation sites is 1. The van der Waals surface area contributed by atoms with Crippen LogP contribution < -0.4 is 15.4 Å². The van der Waals surface area contributed by atoms with Crippen LogP contribution in [0.2, 0.25) is 0 Å². The Morgan fingerprint density at radius 2 is 2.19 bits per heavy atom. The first-order valence-corrected chi connectivity index (χ1v) is 7.13. The summed E-state index contributed by atoms with van der Waals surface area (Å²) in [5, 5.41) is 6.17. The second kappa shape index (κ2) is 7.36. The van der Waals surface area contributed by atoms with E-state index in [4.69, 9.17) is 0 Å². The Kier molecular flexibility index (Phi) is 5.50. The van der Waals surface area contributed by atoms with E-state index < -0.39 is 6.61 Å². The molecule has 4 nitrogen and oxygen atoms in total. The minimum atomic E-state index is -2.95. The van der Waals surface area contributed by atoms with Crippen LogP contribution in [-0.2, 0) is 0 Å². The van der Waals surface area contributed by atoms with E-state index in [1.165, 1.54) is 12.1 Å². The maximum absolute atomic E-state index is 12.4. The van der Waals surface area contributed by atoms with E-state index in [1.54, 1.807) is 12.1 Å². The van der Waals surface area contributed by atoms with Crippen LogP contribution in [0.15, 0.2) is 24.3 Å². The summed E-state index contributed by atoms with van der Waals surface area (Å²) in [6.45, 7) is 0.851. The molecular formula is C15H20F2N2O2. The van der Waals surface area contributed by atoms with Crippen LogP contribution in [0.3, 0.4) is 0 Å². The van der Waals surface area contributed by atoms with Crippen molar-refractivity contribution in [2.45, 2.75) is 32.4 Å². The number of rotatable bonds is 5. The smallest absolute Gasteiger partial charge is 0.387 e. The Morgan fingerprint density at radius 1 is 1.43 bits per heavy atom. The highest BCUT2D eigenvalue weighted by molar-refractivity contribution is 5.97. The third kappa shape index (κ3) is 4.39. The molecule has 0 radical (unpaired) electrons. The first kappa shape index (κ1) is 15.7. The predicted molar refractivity (Wildman–Crippen MR) is 75.6 cm³/mol. The fraction of sp³-hybridized carbons (Fsp3) is 0.533. The monoisotopic (exact) mass is 298 g/mol. The normalized spacial score (nSPS) is 20.1. The number of hydrogen-bond acceptors (Lipinski definition) is 3.